The second-order valence-electron chi connectivity index (χ2n) is 2.99. The summed E-state index contributed by atoms with van der Waals surface area (Å²) in [6, 6.07) is 5.20. The van der Waals surface area contributed by atoms with Crippen LogP contribution in [0.3, 0.4) is 0 Å². The molecule has 0 saturated heterocycles. The standard InChI is InChI=1S/C10H11Cl2NO/c1-6(12)10(14)8-4-2-3-7(5-11)9(8)13/h2-4,6H,5,13H2,1H3. The van der Waals surface area contributed by atoms with Gasteiger partial charge in [0, 0.05) is 17.1 Å². The molecular weight excluding hydrogens is 221 g/mol. The van der Waals surface area contributed by atoms with Crippen molar-refractivity contribution in [1.29, 1.82) is 0 Å². The number of ketones is 1. The highest BCUT2D eigenvalue weighted by atomic mass is 35.5. The van der Waals surface area contributed by atoms with Crippen molar-refractivity contribution in [3.63, 3.8) is 0 Å². The smallest absolute Gasteiger partial charge is 0.182 e. The van der Waals surface area contributed by atoms with Crippen LogP contribution < -0.4 is 5.73 Å². The van der Waals surface area contributed by atoms with Crippen LogP contribution in [0.15, 0.2) is 18.2 Å². The van der Waals surface area contributed by atoms with Gasteiger partial charge >= 0.3 is 0 Å². The van der Waals surface area contributed by atoms with Gasteiger partial charge in [-0.25, -0.2) is 0 Å². The monoisotopic (exact) mass is 231 g/mol. The highest BCUT2D eigenvalue weighted by molar-refractivity contribution is 6.34. The molecule has 0 spiro atoms. The third-order valence-corrected chi connectivity index (χ3v) is 2.45. The topological polar surface area (TPSA) is 43.1 Å². The van der Waals surface area contributed by atoms with E-state index in [0.717, 1.165) is 5.56 Å². The molecule has 0 radical (unpaired) electrons. The molecule has 0 bridgehead atoms. The van der Waals surface area contributed by atoms with Crippen molar-refractivity contribution in [1.82, 2.24) is 0 Å². The van der Waals surface area contributed by atoms with Crippen molar-refractivity contribution in [2.24, 2.45) is 0 Å². The number of hydrogen-bond donors (Lipinski definition) is 1. The largest absolute Gasteiger partial charge is 0.398 e. The van der Waals surface area contributed by atoms with Crippen LogP contribution in [0.1, 0.15) is 22.8 Å². The lowest BCUT2D eigenvalue weighted by molar-refractivity contribution is 0.0992. The number of para-hydroxylation sites is 1. The van der Waals surface area contributed by atoms with Gasteiger partial charge < -0.3 is 5.73 Å². The summed E-state index contributed by atoms with van der Waals surface area (Å²) in [5, 5.41) is -0.567. The summed E-state index contributed by atoms with van der Waals surface area (Å²) in [5.74, 6) is 0.125. The van der Waals surface area contributed by atoms with Crippen LogP contribution in [-0.4, -0.2) is 11.2 Å². The van der Waals surface area contributed by atoms with Crippen molar-refractivity contribution in [3.05, 3.63) is 29.3 Å². The van der Waals surface area contributed by atoms with Crippen LogP contribution in [0.2, 0.25) is 0 Å². The van der Waals surface area contributed by atoms with Crippen molar-refractivity contribution in [3.8, 4) is 0 Å². The highest BCUT2D eigenvalue weighted by Gasteiger charge is 2.16. The minimum Gasteiger partial charge on any atom is -0.398 e. The molecule has 1 aromatic rings. The Kier molecular flexibility index (Phi) is 3.78. The zero-order chi connectivity index (χ0) is 10.7. The predicted molar refractivity (Wildman–Crippen MR) is 60.1 cm³/mol. The number of benzene rings is 1. The second-order valence-corrected chi connectivity index (χ2v) is 3.91. The highest BCUT2D eigenvalue weighted by Crippen LogP contribution is 2.21. The fourth-order valence-corrected chi connectivity index (χ4v) is 1.51. The van der Waals surface area contributed by atoms with Crippen LogP contribution in [0, 0.1) is 0 Å². The Balaban J connectivity index is 3.16. The third-order valence-electron chi connectivity index (χ3n) is 1.97. The van der Waals surface area contributed by atoms with E-state index in [0.29, 0.717) is 17.1 Å². The van der Waals surface area contributed by atoms with Crippen LogP contribution in [0.5, 0.6) is 0 Å². The summed E-state index contributed by atoms with van der Waals surface area (Å²) in [6.07, 6.45) is 0. The number of Topliss-reactive ketones (excluding diaryl/α,β-unsaturated/α-hetero) is 1. The fraction of sp³-hybridized carbons (Fsp3) is 0.300. The Hall–Kier alpha value is -0.730. The number of nitrogens with two attached hydrogens (primary N) is 1. The summed E-state index contributed by atoms with van der Waals surface area (Å²) < 4.78 is 0. The minimum absolute atomic E-state index is 0.170. The molecule has 0 aromatic heterocycles. The molecule has 0 heterocycles. The normalized spacial score (nSPS) is 12.5. The fourth-order valence-electron chi connectivity index (χ4n) is 1.16. The first-order valence-electron chi connectivity index (χ1n) is 4.19. The zero-order valence-electron chi connectivity index (χ0n) is 7.76. The molecule has 0 fully saturated rings. The molecular formula is C10H11Cl2NO. The molecule has 1 aromatic carbocycles. The van der Waals surface area contributed by atoms with E-state index < -0.39 is 5.38 Å². The van der Waals surface area contributed by atoms with Gasteiger partial charge in [0.15, 0.2) is 5.78 Å². The van der Waals surface area contributed by atoms with Crippen LogP contribution in [-0.2, 0) is 5.88 Å². The van der Waals surface area contributed by atoms with Crippen molar-refractivity contribution >= 4 is 34.7 Å². The summed E-state index contributed by atoms with van der Waals surface area (Å²) in [7, 11) is 0. The molecule has 76 valence electrons. The van der Waals surface area contributed by atoms with Gasteiger partial charge in [0.25, 0.3) is 0 Å². The molecule has 2 nitrogen and oxygen atoms in total. The number of anilines is 1. The van der Waals surface area contributed by atoms with Gasteiger partial charge in [0.1, 0.15) is 0 Å². The number of hydrogen-bond acceptors (Lipinski definition) is 2. The molecule has 1 rings (SSSR count). The maximum Gasteiger partial charge on any atom is 0.182 e. The first-order valence-corrected chi connectivity index (χ1v) is 5.16. The Morgan fingerprint density at radius 1 is 1.57 bits per heavy atom. The van der Waals surface area contributed by atoms with Gasteiger partial charge in [-0.2, -0.15) is 0 Å². The van der Waals surface area contributed by atoms with E-state index in [2.05, 4.69) is 0 Å². The molecule has 0 aliphatic heterocycles. The molecule has 1 unspecified atom stereocenters. The number of halogens is 2. The zero-order valence-corrected chi connectivity index (χ0v) is 9.27. The average Bonchev–Trinajstić information content (AvgIpc) is 2.17. The SMILES string of the molecule is CC(Cl)C(=O)c1cccc(CCl)c1N. The van der Waals surface area contributed by atoms with E-state index >= 15 is 0 Å². The maximum absolute atomic E-state index is 11.6. The summed E-state index contributed by atoms with van der Waals surface area (Å²) in [4.78, 5) is 11.6. The predicted octanol–water partition coefficient (Wildman–Crippen LogP) is 2.82. The van der Waals surface area contributed by atoms with Crippen LogP contribution in [0.4, 0.5) is 5.69 Å². The van der Waals surface area contributed by atoms with E-state index in [1.54, 1.807) is 25.1 Å². The average molecular weight is 232 g/mol. The summed E-state index contributed by atoms with van der Waals surface area (Å²) in [6.45, 7) is 1.62. The molecule has 1 atom stereocenters. The summed E-state index contributed by atoms with van der Waals surface area (Å²) in [5.41, 5.74) is 7.41. The summed E-state index contributed by atoms with van der Waals surface area (Å²) >= 11 is 11.4. The molecule has 14 heavy (non-hydrogen) atoms. The van der Waals surface area contributed by atoms with E-state index in [4.69, 9.17) is 28.9 Å². The first kappa shape index (κ1) is 11.3. The van der Waals surface area contributed by atoms with Crippen LogP contribution >= 0.6 is 23.2 Å². The number of nitrogen functional groups attached to an aromatic ring is 1. The van der Waals surface area contributed by atoms with Crippen molar-refractivity contribution in [2.45, 2.75) is 18.2 Å². The number of carbonyl (C=O) groups is 1. The molecule has 2 N–H and O–H groups in total. The number of alkyl halides is 2. The lowest BCUT2D eigenvalue weighted by atomic mass is 10.0. The lowest BCUT2D eigenvalue weighted by Gasteiger charge is -2.09. The van der Waals surface area contributed by atoms with Gasteiger partial charge in [-0.05, 0) is 18.6 Å². The van der Waals surface area contributed by atoms with E-state index in [1.807, 2.05) is 0 Å². The van der Waals surface area contributed by atoms with Gasteiger partial charge in [0.2, 0.25) is 0 Å². The van der Waals surface area contributed by atoms with Gasteiger partial charge in [-0.1, -0.05) is 12.1 Å². The van der Waals surface area contributed by atoms with Crippen molar-refractivity contribution in [2.75, 3.05) is 5.73 Å². The quantitative estimate of drug-likeness (QED) is 0.494. The molecule has 0 saturated carbocycles. The third kappa shape index (κ3) is 2.20. The molecule has 4 heteroatoms. The number of carbonyl (C=O) groups excluding carboxylic acids is 1. The Labute approximate surface area is 93.0 Å². The number of rotatable bonds is 3. The van der Waals surface area contributed by atoms with Gasteiger partial charge in [-0.15, -0.1) is 23.2 Å². The van der Waals surface area contributed by atoms with Crippen LogP contribution in [0.25, 0.3) is 0 Å². The molecule has 0 aliphatic rings. The molecule has 0 aliphatic carbocycles. The van der Waals surface area contributed by atoms with E-state index in [9.17, 15) is 4.79 Å². The lowest BCUT2D eigenvalue weighted by Crippen LogP contribution is -2.13. The first-order chi connectivity index (χ1) is 6.57. The molecule has 0 amide bonds. The Morgan fingerprint density at radius 2 is 2.21 bits per heavy atom. The van der Waals surface area contributed by atoms with Gasteiger partial charge in [0.05, 0.1) is 5.38 Å². The minimum atomic E-state index is -0.567. The Morgan fingerprint density at radius 3 is 2.71 bits per heavy atom. The van der Waals surface area contributed by atoms with E-state index in [1.165, 1.54) is 0 Å². The van der Waals surface area contributed by atoms with Gasteiger partial charge in [-0.3, -0.25) is 4.79 Å². The maximum atomic E-state index is 11.6. The van der Waals surface area contributed by atoms with Crippen molar-refractivity contribution < 1.29 is 4.79 Å². The Bertz CT molecular complexity index is 350. The second kappa shape index (κ2) is 4.67. The van der Waals surface area contributed by atoms with E-state index in [-0.39, 0.29) is 5.78 Å².